The third kappa shape index (κ3) is 4.86. The molecule has 0 unspecified atom stereocenters. The van der Waals surface area contributed by atoms with Gasteiger partial charge in [0.15, 0.2) is 0 Å². The second-order valence-corrected chi connectivity index (χ2v) is 6.58. The lowest BCUT2D eigenvalue weighted by molar-refractivity contribution is 0.0526. The van der Waals surface area contributed by atoms with Crippen LogP contribution in [0.1, 0.15) is 34.6 Å². The van der Waals surface area contributed by atoms with Gasteiger partial charge in [-0.3, -0.25) is 4.79 Å². The molecule has 1 aromatic heterocycles. The van der Waals surface area contributed by atoms with E-state index in [1.54, 1.807) is 43.5 Å². The van der Waals surface area contributed by atoms with E-state index in [0.717, 1.165) is 38.5 Å². The van der Waals surface area contributed by atoms with Crippen LogP contribution < -0.4 is 10.2 Å². The number of rotatable bonds is 6. The molecule has 2 heterocycles. The summed E-state index contributed by atoms with van der Waals surface area (Å²) in [5.74, 6) is 0.282. The minimum absolute atomic E-state index is 0.237. The molecular weight excluding hydrogens is 356 g/mol. The molecule has 28 heavy (non-hydrogen) atoms. The SMILES string of the molecule is CCOC(=O)c1ccc(NC(=O)c2ccc(N3CCN(CC)CC3)nc2)cc1. The molecule has 148 valence electrons. The van der Waals surface area contributed by atoms with Gasteiger partial charge in [-0.1, -0.05) is 6.92 Å². The minimum atomic E-state index is -0.375. The van der Waals surface area contributed by atoms with Crippen molar-refractivity contribution < 1.29 is 14.3 Å². The Morgan fingerprint density at radius 2 is 1.68 bits per heavy atom. The number of carbonyl (C=O) groups is 2. The standard InChI is InChI=1S/C21H26N4O3/c1-3-24-11-13-25(14-12-24)19-10-7-17(15-22-19)20(26)23-18-8-5-16(6-9-18)21(27)28-4-2/h5-10,15H,3-4,11-14H2,1-2H3,(H,23,26). The topological polar surface area (TPSA) is 74.8 Å². The number of nitrogens with zero attached hydrogens (tertiary/aromatic N) is 3. The average molecular weight is 382 g/mol. The van der Waals surface area contributed by atoms with E-state index in [2.05, 4.69) is 27.0 Å². The number of pyridine rings is 1. The number of esters is 1. The zero-order valence-corrected chi connectivity index (χ0v) is 16.4. The second-order valence-electron chi connectivity index (χ2n) is 6.58. The van der Waals surface area contributed by atoms with Crippen LogP contribution in [0.5, 0.6) is 0 Å². The Balaban J connectivity index is 1.58. The van der Waals surface area contributed by atoms with Crippen LogP contribution in [0.4, 0.5) is 11.5 Å². The van der Waals surface area contributed by atoms with E-state index in [4.69, 9.17) is 4.74 Å². The minimum Gasteiger partial charge on any atom is -0.462 e. The van der Waals surface area contributed by atoms with Gasteiger partial charge < -0.3 is 19.9 Å². The molecule has 3 rings (SSSR count). The van der Waals surface area contributed by atoms with Gasteiger partial charge in [-0.25, -0.2) is 9.78 Å². The van der Waals surface area contributed by atoms with Gasteiger partial charge in [-0.05, 0) is 49.9 Å². The Bertz CT molecular complexity index is 797. The van der Waals surface area contributed by atoms with E-state index in [9.17, 15) is 9.59 Å². The number of likely N-dealkylation sites (N-methyl/N-ethyl adjacent to an activating group) is 1. The van der Waals surface area contributed by atoms with Crippen LogP contribution in [0, 0.1) is 0 Å². The maximum atomic E-state index is 12.4. The molecule has 0 bridgehead atoms. The predicted octanol–water partition coefficient (Wildman–Crippen LogP) is 2.65. The third-order valence-corrected chi connectivity index (χ3v) is 4.81. The Hall–Kier alpha value is -2.93. The van der Waals surface area contributed by atoms with Gasteiger partial charge in [0.25, 0.3) is 5.91 Å². The first-order valence-corrected chi connectivity index (χ1v) is 9.62. The fraction of sp³-hybridized carbons (Fsp3) is 0.381. The molecule has 0 aliphatic carbocycles. The van der Waals surface area contributed by atoms with Gasteiger partial charge in [0.2, 0.25) is 0 Å². The Kier molecular flexibility index (Phi) is 6.60. The van der Waals surface area contributed by atoms with E-state index in [1.165, 1.54) is 0 Å². The van der Waals surface area contributed by atoms with Gasteiger partial charge in [0.05, 0.1) is 17.7 Å². The number of aromatic nitrogens is 1. The molecule has 1 aliphatic heterocycles. The van der Waals surface area contributed by atoms with Gasteiger partial charge in [0, 0.05) is 38.1 Å². The van der Waals surface area contributed by atoms with Crippen LogP contribution in [0.15, 0.2) is 42.6 Å². The third-order valence-electron chi connectivity index (χ3n) is 4.81. The van der Waals surface area contributed by atoms with Crippen molar-refractivity contribution in [3.05, 3.63) is 53.7 Å². The summed E-state index contributed by atoms with van der Waals surface area (Å²) >= 11 is 0. The Morgan fingerprint density at radius 3 is 2.25 bits per heavy atom. The Labute approximate surface area is 165 Å². The summed E-state index contributed by atoms with van der Waals surface area (Å²) in [6, 6.07) is 10.3. The first-order chi connectivity index (χ1) is 13.6. The molecule has 1 aliphatic rings. The van der Waals surface area contributed by atoms with E-state index in [0.29, 0.717) is 23.4 Å². The highest BCUT2D eigenvalue weighted by molar-refractivity contribution is 6.04. The normalized spacial score (nSPS) is 14.6. The van der Waals surface area contributed by atoms with Crippen LogP contribution in [0.2, 0.25) is 0 Å². The van der Waals surface area contributed by atoms with Crippen molar-refractivity contribution in [2.24, 2.45) is 0 Å². The molecular formula is C21H26N4O3. The molecule has 1 amide bonds. The summed E-state index contributed by atoms with van der Waals surface area (Å²) < 4.78 is 4.95. The van der Waals surface area contributed by atoms with Crippen LogP contribution in [-0.2, 0) is 4.74 Å². The van der Waals surface area contributed by atoms with Gasteiger partial charge in [-0.15, -0.1) is 0 Å². The van der Waals surface area contributed by atoms with Crippen molar-refractivity contribution >= 4 is 23.4 Å². The highest BCUT2D eigenvalue weighted by atomic mass is 16.5. The molecule has 7 heteroatoms. The van der Waals surface area contributed by atoms with Gasteiger partial charge in [0.1, 0.15) is 5.82 Å². The van der Waals surface area contributed by atoms with Crippen molar-refractivity contribution in [1.29, 1.82) is 0 Å². The van der Waals surface area contributed by atoms with Crippen molar-refractivity contribution in [1.82, 2.24) is 9.88 Å². The molecule has 2 aromatic rings. The lowest BCUT2D eigenvalue weighted by atomic mass is 10.2. The predicted molar refractivity (Wildman–Crippen MR) is 109 cm³/mol. The van der Waals surface area contributed by atoms with E-state index in [1.807, 2.05) is 6.07 Å². The molecule has 1 aromatic carbocycles. The summed E-state index contributed by atoms with van der Waals surface area (Å²) in [5, 5.41) is 2.82. The van der Waals surface area contributed by atoms with E-state index < -0.39 is 0 Å². The van der Waals surface area contributed by atoms with E-state index >= 15 is 0 Å². The lowest BCUT2D eigenvalue weighted by Crippen LogP contribution is -2.46. The van der Waals surface area contributed by atoms with Crippen molar-refractivity contribution in [3.63, 3.8) is 0 Å². The van der Waals surface area contributed by atoms with Crippen molar-refractivity contribution in [3.8, 4) is 0 Å². The fourth-order valence-corrected chi connectivity index (χ4v) is 3.11. The molecule has 0 saturated carbocycles. The summed E-state index contributed by atoms with van der Waals surface area (Å²) in [5.41, 5.74) is 1.55. The quantitative estimate of drug-likeness (QED) is 0.774. The fourth-order valence-electron chi connectivity index (χ4n) is 3.11. The van der Waals surface area contributed by atoms with E-state index in [-0.39, 0.29) is 11.9 Å². The van der Waals surface area contributed by atoms with Crippen LogP contribution in [0.25, 0.3) is 0 Å². The number of amides is 1. The van der Waals surface area contributed by atoms with Crippen LogP contribution in [-0.4, -0.2) is 61.1 Å². The largest absolute Gasteiger partial charge is 0.462 e. The number of piperazine rings is 1. The summed E-state index contributed by atoms with van der Waals surface area (Å²) in [6.45, 7) is 9.28. The number of benzene rings is 1. The first-order valence-electron chi connectivity index (χ1n) is 9.62. The van der Waals surface area contributed by atoms with Crippen LogP contribution in [0.3, 0.4) is 0 Å². The zero-order valence-electron chi connectivity index (χ0n) is 16.4. The van der Waals surface area contributed by atoms with Crippen molar-refractivity contribution in [2.75, 3.05) is 49.5 Å². The van der Waals surface area contributed by atoms with Gasteiger partial charge >= 0.3 is 5.97 Å². The first kappa shape index (κ1) is 19.8. The van der Waals surface area contributed by atoms with Crippen LogP contribution >= 0.6 is 0 Å². The molecule has 7 nitrogen and oxygen atoms in total. The maximum absolute atomic E-state index is 12.4. The van der Waals surface area contributed by atoms with Crippen molar-refractivity contribution in [2.45, 2.75) is 13.8 Å². The number of ether oxygens (including phenoxy) is 1. The zero-order chi connectivity index (χ0) is 19.9. The molecule has 0 spiro atoms. The monoisotopic (exact) mass is 382 g/mol. The highest BCUT2D eigenvalue weighted by Gasteiger charge is 2.17. The maximum Gasteiger partial charge on any atom is 0.338 e. The number of carbonyl (C=O) groups excluding carboxylic acids is 2. The second kappa shape index (κ2) is 9.32. The summed E-state index contributed by atoms with van der Waals surface area (Å²) in [7, 11) is 0. The molecule has 0 atom stereocenters. The number of nitrogens with one attached hydrogen (secondary N) is 1. The smallest absolute Gasteiger partial charge is 0.338 e. The highest BCUT2D eigenvalue weighted by Crippen LogP contribution is 2.16. The number of anilines is 2. The summed E-state index contributed by atoms with van der Waals surface area (Å²) in [6.07, 6.45) is 1.60. The molecule has 0 radical (unpaired) electrons. The van der Waals surface area contributed by atoms with Gasteiger partial charge in [-0.2, -0.15) is 0 Å². The summed E-state index contributed by atoms with van der Waals surface area (Å²) in [4.78, 5) is 33.2. The average Bonchev–Trinajstić information content (AvgIpc) is 2.74. The number of hydrogen-bond donors (Lipinski definition) is 1. The molecule has 1 fully saturated rings. The number of hydrogen-bond acceptors (Lipinski definition) is 6. The molecule has 1 saturated heterocycles. The lowest BCUT2D eigenvalue weighted by Gasteiger charge is -2.34. The Morgan fingerprint density at radius 1 is 1.00 bits per heavy atom. The molecule has 1 N–H and O–H groups in total.